The van der Waals surface area contributed by atoms with Crippen molar-refractivity contribution in [2.45, 2.75) is 12.1 Å². The lowest BCUT2D eigenvalue weighted by atomic mass is 10.2. The highest BCUT2D eigenvalue weighted by Gasteiger charge is 2.18. The van der Waals surface area contributed by atoms with Crippen LogP contribution in [0.1, 0.15) is 17.3 Å². The van der Waals surface area contributed by atoms with E-state index in [9.17, 15) is 13.2 Å². The van der Waals surface area contributed by atoms with Crippen LogP contribution in [-0.4, -0.2) is 37.2 Å². The van der Waals surface area contributed by atoms with Crippen molar-refractivity contribution in [3.8, 4) is 0 Å². The van der Waals surface area contributed by atoms with Gasteiger partial charge in [0, 0.05) is 6.26 Å². The summed E-state index contributed by atoms with van der Waals surface area (Å²) in [4.78, 5) is 18.3. The minimum atomic E-state index is -3.44. The van der Waals surface area contributed by atoms with Gasteiger partial charge in [-0.2, -0.15) is 0 Å². The van der Waals surface area contributed by atoms with E-state index in [0.717, 1.165) is 6.26 Å². The number of esters is 1. The lowest BCUT2D eigenvalue weighted by Crippen LogP contribution is -2.05. The molecule has 1 aromatic heterocycles. The van der Waals surface area contributed by atoms with Crippen molar-refractivity contribution in [3.63, 3.8) is 0 Å². The molecule has 1 heterocycles. The van der Waals surface area contributed by atoms with Gasteiger partial charge in [-0.1, -0.05) is 6.07 Å². The number of sulfone groups is 1. The fraction of sp³-hybridized carbons (Fsp3) is 0.273. The van der Waals surface area contributed by atoms with Crippen molar-refractivity contribution < 1.29 is 17.9 Å². The van der Waals surface area contributed by atoms with Crippen molar-refractivity contribution >= 4 is 26.8 Å². The molecule has 6 nitrogen and oxygen atoms in total. The molecule has 0 aliphatic carbocycles. The van der Waals surface area contributed by atoms with E-state index in [1.54, 1.807) is 25.1 Å². The van der Waals surface area contributed by atoms with Gasteiger partial charge in [0.1, 0.15) is 5.52 Å². The molecular weight excluding hydrogens is 256 g/mol. The Hall–Kier alpha value is -1.89. The zero-order valence-corrected chi connectivity index (χ0v) is 10.7. The second-order valence-corrected chi connectivity index (χ2v) is 5.67. The van der Waals surface area contributed by atoms with Crippen LogP contribution in [0, 0.1) is 0 Å². The molecule has 0 bridgehead atoms. The van der Waals surface area contributed by atoms with E-state index in [4.69, 9.17) is 4.74 Å². The van der Waals surface area contributed by atoms with Gasteiger partial charge in [0.05, 0.1) is 17.7 Å². The number of imidazole rings is 1. The normalized spacial score (nSPS) is 11.7. The van der Waals surface area contributed by atoms with Gasteiger partial charge in [0.25, 0.3) is 0 Å². The van der Waals surface area contributed by atoms with Gasteiger partial charge in [-0.25, -0.2) is 18.2 Å². The van der Waals surface area contributed by atoms with Crippen LogP contribution in [0.15, 0.2) is 23.4 Å². The van der Waals surface area contributed by atoms with Crippen molar-refractivity contribution in [1.29, 1.82) is 0 Å². The number of fused-ring (bicyclic) bond motifs is 1. The standard InChI is InChI=1S/C11H12N2O4S/c1-3-17-10(14)7-5-4-6-8-9(7)13-11(12-8)18(2,15)16/h4-6H,3H2,1-2H3,(H,12,13). The Morgan fingerprint density at radius 2 is 2.17 bits per heavy atom. The number of carbonyl (C=O) groups excluding carboxylic acids is 1. The monoisotopic (exact) mass is 268 g/mol. The van der Waals surface area contributed by atoms with Crippen LogP contribution in [0.5, 0.6) is 0 Å². The maximum absolute atomic E-state index is 11.7. The largest absolute Gasteiger partial charge is 0.462 e. The average molecular weight is 268 g/mol. The predicted molar refractivity (Wildman–Crippen MR) is 65.2 cm³/mol. The van der Waals surface area contributed by atoms with E-state index in [1.165, 1.54) is 0 Å². The van der Waals surface area contributed by atoms with Gasteiger partial charge in [-0.05, 0) is 19.1 Å². The molecule has 0 saturated heterocycles. The van der Waals surface area contributed by atoms with Gasteiger partial charge >= 0.3 is 5.97 Å². The maximum Gasteiger partial charge on any atom is 0.340 e. The zero-order chi connectivity index (χ0) is 13.3. The predicted octanol–water partition coefficient (Wildman–Crippen LogP) is 1.14. The van der Waals surface area contributed by atoms with E-state index in [1.807, 2.05) is 0 Å². The molecule has 18 heavy (non-hydrogen) atoms. The lowest BCUT2D eigenvalue weighted by Gasteiger charge is -2.01. The first kappa shape index (κ1) is 12.6. The van der Waals surface area contributed by atoms with Gasteiger partial charge in [0.15, 0.2) is 0 Å². The molecule has 0 radical (unpaired) electrons. The number of hydrogen-bond acceptors (Lipinski definition) is 5. The molecule has 96 valence electrons. The van der Waals surface area contributed by atoms with E-state index < -0.39 is 15.8 Å². The van der Waals surface area contributed by atoms with Gasteiger partial charge in [-0.15, -0.1) is 0 Å². The van der Waals surface area contributed by atoms with Gasteiger partial charge in [-0.3, -0.25) is 0 Å². The molecule has 1 N–H and O–H groups in total. The molecule has 0 aliphatic rings. The smallest absolute Gasteiger partial charge is 0.340 e. The van der Waals surface area contributed by atoms with Crippen molar-refractivity contribution in [3.05, 3.63) is 23.8 Å². The fourth-order valence-corrected chi connectivity index (χ4v) is 2.11. The van der Waals surface area contributed by atoms with Crippen LogP contribution >= 0.6 is 0 Å². The summed E-state index contributed by atoms with van der Waals surface area (Å²) in [5, 5.41) is -0.158. The Balaban J connectivity index is 2.63. The Morgan fingerprint density at radius 1 is 1.44 bits per heavy atom. The van der Waals surface area contributed by atoms with E-state index in [2.05, 4.69) is 9.97 Å². The number of para-hydroxylation sites is 1. The van der Waals surface area contributed by atoms with Crippen molar-refractivity contribution in [1.82, 2.24) is 9.97 Å². The summed E-state index contributed by atoms with van der Waals surface area (Å²) in [5.74, 6) is -0.519. The minimum Gasteiger partial charge on any atom is -0.462 e. The molecule has 0 saturated carbocycles. The molecule has 0 fully saturated rings. The molecular formula is C11H12N2O4S. The fourth-order valence-electron chi connectivity index (χ4n) is 1.56. The number of hydrogen-bond donors (Lipinski definition) is 1. The number of benzene rings is 1. The number of nitrogens with one attached hydrogen (secondary N) is 1. The van der Waals surface area contributed by atoms with Crippen LogP contribution in [0.4, 0.5) is 0 Å². The Bertz CT molecular complexity index is 703. The SMILES string of the molecule is CCOC(=O)c1cccc2[nH]c(S(C)(=O)=O)nc12. The Labute approximate surface area is 104 Å². The van der Waals surface area contributed by atoms with E-state index in [-0.39, 0.29) is 17.3 Å². The summed E-state index contributed by atoms with van der Waals surface area (Å²) in [6, 6.07) is 4.84. The highest BCUT2D eigenvalue weighted by Crippen LogP contribution is 2.19. The van der Waals surface area contributed by atoms with Crippen LogP contribution in [-0.2, 0) is 14.6 Å². The molecule has 2 aromatic rings. The number of aromatic amines is 1. The summed E-state index contributed by atoms with van der Waals surface area (Å²) < 4.78 is 27.7. The number of nitrogens with zero attached hydrogens (tertiary/aromatic N) is 1. The molecule has 0 spiro atoms. The summed E-state index contributed by atoms with van der Waals surface area (Å²) >= 11 is 0. The first-order valence-corrected chi connectivity index (χ1v) is 7.18. The number of carbonyl (C=O) groups is 1. The highest BCUT2D eigenvalue weighted by molar-refractivity contribution is 7.90. The minimum absolute atomic E-state index is 0.158. The third-order valence-electron chi connectivity index (χ3n) is 2.34. The Kier molecular flexibility index (Phi) is 3.08. The summed E-state index contributed by atoms with van der Waals surface area (Å²) in [6.45, 7) is 1.95. The summed E-state index contributed by atoms with van der Waals surface area (Å²) in [5.41, 5.74) is 1.04. The molecule has 2 rings (SSSR count). The first-order valence-electron chi connectivity index (χ1n) is 5.29. The zero-order valence-electron chi connectivity index (χ0n) is 9.93. The number of rotatable bonds is 3. The first-order chi connectivity index (χ1) is 8.43. The average Bonchev–Trinajstić information content (AvgIpc) is 2.72. The molecule has 0 atom stereocenters. The van der Waals surface area contributed by atoms with Crippen LogP contribution in [0.25, 0.3) is 11.0 Å². The van der Waals surface area contributed by atoms with Crippen LogP contribution in [0.3, 0.4) is 0 Å². The third-order valence-corrected chi connectivity index (χ3v) is 3.23. The quantitative estimate of drug-likeness (QED) is 0.843. The molecule has 0 amide bonds. The molecule has 0 unspecified atom stereocenters. The molecule has 7 heteroatoms. The summed E-state index contributed by atoms with van der Waals surface area (Å²) in [6.07, 6.45) is 1.05. The van der Waals surface area contributed by atoms with Crippen molar-refractivity contribution in [2.24, 2.45) is 0 Å². The second kappa shape index (κ2) is 4.41. The van der Waals surface area contributed by atoms with Gasteiger partial charge in [0.2, 0.25) is 15.0 Å². The highest BCUT2D eigenvalue weighted by atomic mass is 32.2. The topological polar surface area (TPSA) is 89.1 Å². The number of H-pyrrole nitrogens is 1. The number of ether oxygens (including phenoxy) is 1. The van der Waals surface area contributed by atoms with E-state index >= 15 is 0 Å². The van der Waals surface area contributed by atoms with Crippen LogP contribution < -0.4 is 0 Å². The maximum atomic E-state index is 11.7. The lowest BCUT2D eigenvalue weighted by molar-refractivity contribution is 0.0528. The Morgan fingerprint density at radius 3 is 2.78 bits per heavy atom. The summed E-state index contributed by atoms with van der Waals surface area (Å²) in [7, 11) is -3.44. The van der Waals surface area contributed by atoms with Crippen LogP contribution in [0.2, 0.25) is 0 Å². The van der Waals surface area contributed by atoms with Gasteiger partial charge < -0.3 is 9.72 Å². The number of aromatic nitrogens is 2. The van der Waals surface area contributed by atoms with Crippen molar-refractivity contribution in [2.75, 3.05) is 12.9 Å². The molecule has 1 aromatic carbocycles. The molecule has 0 aliphatic heterocycles. The third kappa shape index (κ3) is 2.21. The van der Waals surface area contributed by atoms with E-state index in [0.29, 0.717) is 11.0 Å². The second-order valence-electron chi connectivity index (χ2n) is 3.74.